The molecule has 3 aromatic heterocycles. The number of benzene rings is 1. The predicted octanol–water partition coefficient (Wildman–Crippen LogP) is 4.58. The van der Waals surface area contributed by atoms with Crippen LogP contribution in [0.1, 0.15) is 21.6 Å². The van der Waals surface area contributed by atoms with Gasteiger partial charge in [0.25, 0.3) is 0 Å². The summed E-state index contributed by atoms with van der Waals surface area (Å²) in [4.78, 5) is 25.3. The third kappa shape index (κ3) is 3.68. The van der Waals surface area contributed by atoms with E-state index >= 15 is 0 Å². The zero-order chi connectivity index (χ0) is 19.5. The molecular formula is C21H15ClN4O2. The highest BCUT2D eigenvalue weighted by Crippen LogP contribution is 2.31. The molecule has 0 aliphatic rings. The van der Waals surface area contributed by atoms with Crippen molar-refractivity contribution in [3.05, 3.63) is 83.2 Å². The summed E-state index contributed by atoms with van der Waals surface area (Å²) in [6.07, 6.45) is 8.25. The number of hydrogen-bond donors (Lipinski definition) is 0. The van der Waals surface area contributed by atoms with Crippen LogP contribution in [0.25, 0.3) is 22.6 Å². The number of carbonyl (C=O) groups excluding carboxylic acids is 1. The molecule has 138 valence electrons. The first kappa shape index (κ1) is 18.0. The number of halogens is 1. The highest BCUT2D eigenvalue weighted by atomic mass is 35.5. The molecule has 0 saturated heterocycles. The Bertz CT molecular complexity index is 1130. The zero-order valence-electron chi connectivity index (χ0n) is 15.0. The number of rotatable bonds is 5. The monoisotopic (exact) mass is 390 g/mol. The lowest BCUT2D eigenvalue weighted by Crippen LogP contribution is -2.07. The number of Topliss-reactive ketones (excluding diaryl/α,β-unsaturated/α-hetero) is 1. The third-order valence-corrected chi connectivity index (χ3v) is 4.66. The van der Waals surface area contributed by atoms with Crippen LogP contribution < -0.4 is 0 Å². The second-order valence-corrected chi connectivity index (χ2v) is 6.66. The van der Waals surface area contributed by atoms with Gasteiger partial charge < -0.3 is 4.52 Å². The van der Waals surface area contributed by atoms with Crippen molar-refractivity contribution in [2.45, 2.75) is 13.3 Å². The Morgan fingerprint density at radius 1 is 1.07 bits per heavy atom. The summed E-state index contributed by atoms with van der Waals surface area (Å²) in [6.45, 7) is 1.86. The molecule has 0 saturated carbocycles. The van der Waals surface area contributed by atoms with Crippen LogP contribution in [0, 0.1) is 6.92 Å². The van der Waals surface area contributed by atoms with Gasteiger partial charge in [0.1, 0.15) is 0 Å². The quantitative estimate of drug-likeness (QED) is 0.464. The number of aromatic nitrogens is 4. The van der Waals surface area contributed by atoms with Gasteiger partial charge in [0.05, 0.1) is 35.2 Å². The summed E-state index contributed by atoms with van der Waals surface area (Å²) in [5, 5.41) is 4.27. The molecule has 0 spiro atoms. The SMILES string of the molecule is Cc1cnccc1C(=O)Cc1cnc(-c2cc(-c3ccno3)ccc2Cl)cn1. The summed E-state index contributed by atoms with van der Waals surface area (Å²) < 4.78 is 5.19. The van der Waals surface area contributed by atoms with E-state index in [4.69, 9.17) is 16.1 Å². The van der Waals surface area contributed by atoms with Crippen molar-refractivity contribution in [3.8, 4) is 22.6 Å². The average molecular weight is 391 g/mol. The second-order valence-electron chi connectivity index (χ2n) is 6.25. The molecule has 0 fully saturated rings. The minimum Gasteiger partial charge on any atom is -0.356 e. The number of pyridine rings is 1. The van der Waals surface area contributed by atoms with Gasteiger partial charge in [-0.25, -0.2) is 0 Å². The lowest BCUT2D eigenvalue weighted by atomic mass is 10.0. The first-order chi connectivity index (χ1) is 13.6. The largest absolute Gasteiger partial charge is 0.356 e. The Morgan fingerprint density at radius 3 is 2.68 bits per heavy atom. The lowest BCUT2D eigenvalue weighted by Gasteiger charge is -2.07. The highest BCUT2D eigenvalue weighted by molar-refractivity contribution is 6.33. The van der Waals surface area contributed by atoms with Gasteiger partial charge in [-0.2, -0.15) is 0 Å². The van der Waals surface area contributed by atoms with Gasteiger partial charge in [0.15, 0.2) is 11.5 Å². The van der Waals surface area contributed by atoms with E-state index in [0.717, 1.165) is 16.7 Å². The van der Waals surface area contributed by atoms with Gasteiger partial charge in [-0.1, -0.05) is 16.8 Å². The van der Waals surface area contributed by atoms with Gasteiger partial charge in [-0.05, 0) is 36.8 Å². The maximum atomic E-state index is 12.5. The predicted molar refractivity (Wildman–Crippen MR) is 105 cm³/mol. The highest BCUT2D eigenvalue weighted by Gasteiger charge is 2.13. The van der Waals surface area contributed by atoms with Crippen molar-refractivity contribution in [2.24, 2.45) is 0 Å². The number of carbonyl (C=O) groups is 1. The molecule has 0 N–H and O–H groups in total. The van der Waals surface area contributed by atoms with Crippen molar-refractivity contribution < 1.29 is 9.32 Å². The Balaban J connectivity index is 1.58. The van der Waals surface area contributed by atoms with E-state index in [1.54, 1.807) is 49.2 Å². The Morgan fingerprint density at radius 2 is 1.96 bits per heavy atom. The number of hydrogen-bond acceptors (Lipinski definition) is 6. The molecule has 0 aliphatic heterocycles. The zero-order valence-corrected chi connectivity index (χ0v) is 15.7. The van der Waals surface area contributed by atoms with E-state index in [1.807, 2.05) is 19.1 Å². The van der Waals surface area contributed by atoms with Crippen molar-refractivity contribution >= 4 is 17.4 Å². The van der Waals surface area contributed by atoms with Gasteiger partial charge in [-0.15, -0.1) is 0 Å². The molecule has 4 rings (SSSR count). The van der Waals surface area contributed by atoms with Crippen molar-refractivity contribution in [1.82, 2.24) is 20.1 Å². The first-order valence-electron chi connectivity index (χ1n) is 8.57. The molecule has 0 atom stereocenters. The molecule has 6 nitrogen and oxygen atoms in total. The molecule has 0 bridgehead atoms. The molecule has 0 amide bonds. The smallest absolute Gasteiger partial charge is 0.169 e. The van der Waals surface area contributed by atoms with Crippen molar-refractivity contribution in [3.63, 3.8) is 0 Å². The normalized spacial score (nSPS) is 10.8. The van der Waals surface area contributed by atoms with E-state index in [-0.39, 0.29) is 12.2 Å². The molecular weight excluding hydrogens is 376 g/mol. The van der Waals surface area contributed by atoms with E-state index in [1.165, 1.54) is 0 Å². The van der Waals surface area contributed by atoms with Crippen LogP contribution in [-0.2, 0) is 6.42 Å². The van der Waals surface area contributed by atoms with E-state index in [9.17, 15) is 4.79 Å². The van der Waals surface area contributed by atoms with Crippen LogP contribution in [0.4, 0.5) is 0 Å². The number of ketones is 1. The Kier molecular flexibility index (Phi) is 4.95. The maximum absolute atomic E-state index is 12.5. The molecule has 0 radical (unpaired) electrons. The van der Waals surface area contributed by atoms with Crippen LogP contribution in [-0.4, -0.2) is 25.9 Å². The van der Waals surface area contributed by atoms with Gasteiger partial charge in [-0.3, -0.25) is 19.7 Å². The van der Waals surface area contributed by atoms with E-state index in [2.05, 4.69) is 20.1 Å². The van der Waals surface area contributed by atoms with Gasteiger partial charge >= 0.3 is 0 Å². The summed E-state index contributed by atoms with van der Waals surface area (Å²) >= 11 is 6.34. The van der Waals surface area contributed by atoms with Crippen LogP contribution in [0.2, 0.25) is 5.02 Å². The molecule has 4 aromatic rings. The van der Waals surface area contributed by atoms with Crippen molar-refractivity contribution in [1.29, 1.82) is 0 Å². The van der Waals surface area contributed by atoms with Crippen LogP contribution in [0.5, 0.6) is 0 Å². The topological polar surface area (TPSA) is 81.8 Å². The number of nitrogens with zero attached hydrogens (tertiary/aromatic N) is 4. The minimum atomic E-state index is -0.0210. The molecule has 0 aliphatic carbocycles. The number of aryl methyl sites for hydroxylation is 1. The fourth-order valence-corrected chi connectivity index (χ4v) is 3.09. The molecule has 1 aromatic carbocycles. The standard InChI is InChI=1S/C21H15ClN4O2/c1-13-10-23-6-4-16(13)20(27)9-15-11-25-19(12-24-15)17-8-14(2-3-18(17)22)21-5-7-26-28-21/h2-8,10-12H,9H2,1H3. The fourth-order valence-electron chi connectivity index (χ4n) is 2.87. The van der Waals surface area contributed by atoms with E-state index in [0.29, 0.717) is 27.7 Å². The second kappa shape index (κ2) is 7.70. The minimum absolute atomic E-state index is 0.0210. The molecule has 28 heavy (non-hydrogen) atoms. The van der Waals surface area contributed by atoms with Gasteiger partial charge in [0.2, 0.25) is 0 Å². The van der Waals surface area contributed by atoms with E-state index < -0.39 is 0 Å². The summed E-state index contributed by atoms with van der Waals surface area (Å²) in [6, 6.07) is 8.99. The van der Waals surface area contributed by atoms with Crippen LogP contribution in [0.3, 0.4) is 0 Å². The summed E-state index contributed by atoms with van der Waals surface area (Å²) in [7, 11) is 0. The van der Waals surface area contributed by atoms with Gasteiger partial charge in [0, 0.05) is 41.3 Å². The molecule has 7 heteroatoms. The maximum Gasteiger partial charge on any atom is 0.169 e. The molecule has 0 unspecified atom stereocenters. The van der Waals surface area contributed by atoms with Crippen LogP contribution in [0.15, 0.2) is 65.8 Å². The first-order valence-corrected chi connectivity index (χ1v) is 8.95. The third-order valence-electron chi connectivity index (χ3n) is 4.33. The van der Waals surface area contributed by atoms with Crippen molar-refractivity contribution in [2.75, 3.05) is 0 Å². The lowest BCUT2D eigenvalue weighted by molar-refractivity contribution is 0.0991. The Hall–Kier alpha value is -3.38. The average Bonchev–Trinajstić information content (AvgIpc) is 3.24. The summed E-state index contributed by atoms with van der Waals surface area (Å²) in [5.74, 6) is 0.619. The fraction of sp³-hybridized carbons (Fsp3) is 0.0952. The summed E-state index contributed by atoms with van der Waals surface area (Å²) in [5.41, 5.74) is 4.25. The Labute approximate surface area is 166 Å². The molecule has 3 heterocycles. The van der Waals surface area contributed by atoms with Crippen LogP contribution >= 0.6 is 11.6 Å².